The van der Waals surface area contributed by atoms with E-state index in [1.165, 1.54) is 17.6 Å². The van der Waals surface area contributed by atoms with Crippen molar-refractivity contribution >= 4 is 17.3 Å². The van der Waals surface area contributed by atoms with E-state index in [0.717, 1.165) is 125 Å². The molecule has 2 aliphatic heterocycles. The van der Waals surface area contributed by atoms with Crippen molar-refractivity contribution < 1.29 is 39.9 Å². The highest BCUT2D eigenvalue weighted by atomic mass is 16.6. The molecule has 9 N–H and O–H groups in total. The number of nitrogen functional groups attached to an aromatic ring is 1. The summed E-state index contributed by atoms with van der Waals surface area (Å²) in [4.78, 5) is 32.0. The van der Waals surface area contributed by atoms with Crippen LogP contribution in [0.15, 0.2) is 53.6 Å². The monoisotopic (exact) mass is 1060 g/mol. The maximum Gasteiger partial charge on any atom is 0.160 e. The highest BCUT2D eigenvalue weighted by Crippen LogP contribution is 2.79. The zero-order chi connectivity index (χ0) is 54.3. The highest BCUT2D eigenvalue weighted by molar-refractivity contribution is 6.01. The molecule has 2 saturated heterocycles. The minimum Gasteiger partial charge on any atom is -0.508 e. The number of β-amino-alcohol motifs (C(OH)–C–C–N with tert-alkyl or cyclic N) is 1. The summed E-state index contributed by atoms with van der Waals surface area (Å²) in [7, 11) is 1.91. The third-order valence-electron chi connectivity index (χ3n) is 24.1. The molecule has 0 bridgehead atoms. The van der Waals surface area contributed by atoms with Crippen LogP contribution in [0.1, 0.15) is 204 Å². The maximum absolute atomic E-state index is 16.1. The van der Waals surface area contributed by atoms with Gasteiger partial charge in [0.15, 0.2) is 5.78 Å². The number of anilines is 1. The van der Waals surface area contributed by atoms with Gasteiger partial charge in [-0.1, -0.05) is 82.6 Å². The Morgan fingerprint density at radius 1 is 0.870 bits per heavy atom. The Labute approximate surface area is 460 Å². The van der Waals surface area contributed by atoms with Crippen LogP contribution in [-0.4, -0.2) is 93.4 Å². The molecule has 0 radical (unpaired) electrons. The lowest BCUT2D eigenvalue weighted by atomic mass is 9.30. The molecule has 0 amide bonds. The fourth-order valence-electron chi connectivity index (χ4n) is 20.9. The van der Waals surface area contributed by atoms with Crippen LogP contribution in [0.3, 0.4) is 0 Å². The van der Waals surface area contributed by atoms with Gasteiger partial charge in [0.25, 0.3) is 0 Å². The number of hydrogen-bond acceptors (Lipinski definition) is 11. The van der Waals surface area contributed by atoms with Gasteiger partial charge in [0.1, 0.15) is 17.6 Å². The van der Waals surface area contributed by atoms with Crippen LogP contribution in [0.5, 0.6) is 5.75 Å². The van der Waals surface area contributed by atoms with Gasteiger partial charge in [-0.3, -0.25) is 9.59 Å². The molecule has 0 aromatic heterocycles. The summed E-state index contributed by atoms with van der Waals surface area (Å²) in [5.74, 6) is 1.23. The van der Waals surface area contributed by atoms with Gasteiger partial charge < -0.3 is 46.6 Å². The molecular weight excluding hydrogens is 963 g/mol. The average molecular weight is 1060 g/mol. The summed E-state index contributed by atoms with van der Waals surface area (Å²) >= 11 is 0. The van der Waals surface area contributed by atoms with Gasteiger partial charge in [-0.2, -0.15) is 0 Å². The van der Waals surface area contributed by atoms with Gasteiger partial charge in [0, 0.05) is 61.2 Å². The fourth-order valence-corrected chi connectivity index (χ4v) is 20.9. The third kappa shape index (κ3) is 9.43. The number of nitrogens with two attached hydrogens (primary N) is 1. The van der Waals surface area contributed by atoms with Gasteiger partial charge >= 0.3 is 0 Å². The number of phenols is 1. The molecule has 17 unspecified atom stereocenters. The smallest absolute Gasteiger partial charge is 0.160 e. The first kappa shape index (κ1) is 55.7. The van der Waals surface area contributed by atoms with Crippen LogP contribution in [0.25, 0.3) is 0 Å². The van der Waals surface area contributed by atoms with Crippen molar-refractivity contribution in [2.45, 2.75) is 223 Å². The molecule has 2 aromatic carbocycles. The zero-order valence-electron chi connectivity index (χ0n) is 47.6. The molecule has 11 rings (SSSR count). The Balaban J connectivity index is 1.04. The molecule has 0 spiro atoms. The van der Waals surface area contributed by atoms with Crippen LogP contribution in [0.4, 0.5) is 5.69 Å². The van der Waals surface area contributed by atoms with Crippen molar-refractivity contribution in [3.8, 4) is 5.75 Å². The van der Waals surface area contributed by atoms with E-state index in [2.05, 4.69) is 49.6 Å². The van der Waals surface area contributed by atoms with E-state index in [-0.39, 0.29) is 83.6 Å². The number of carbonyl (C=O) groups excluding carboxylic acids is 2. The lowest BCUT2D eigenvalue weighted by Crippen LogP contribution is -2.73. The molecule has 11 heteroatoms. The number of fused-ring (bicyclic) bond motifs is 4. The molecule has 9 aliphatic rings. The number of aliphatic hydroxyl groups excluding tert-OH is 3. The van der Waals surface area contributed by atoms with Crippen LogP contribution < -0.4 is 16.4 Å². The van der Waals surface area contributed by atoms with Gasteiger partial charge in [0.05, 0.1) is 17.3 Å². The number of hydrogen-bond donors (Lipinski definition) is 8. The SMILES string of the molecule is CNCc1cc(O)cc(C2CC3(C4CCCCC4)C4C(CC5(CCO)C3CCC3=C(C(CC(O)C6OC6(C)C6CCCC6c6cccc(N)c6)C6CCCC(CO)C6)C(=O)CC35C)NCC(C)(O)CCCCC4(C)C2=O)c1. The maximum atomic E-state index is 16.1. The lowest BCUT2D eigenvalue weighted by Gasteiger charge is -2.74. The highest BCUT2D eigenvalue weighted by Gasteiger charge is 2.76. The average Bonchev–Trinajstić information content (AvgIpc) is 3.74. The van der Waals surface area contributed by atoms with Crippen LogP contribution in [0, 0.1) is 63.1 Å². The minimum atomic E-state index is -0.942. The normalized spacial score (nSPS) is 42.3. The van der Waals surface area contributed by atoms with E-state index in [4.69, 9.17) is 10.5 Å². The summed E-state index contributed by atoms with van der Waals surface area (Å²) in [5, 5.41) is 66.2. The number of carbonyl (C=O) groups is 2. The van der Waals surface area contributed by atoms with Crippen molar-refractivity contribution in [1.29, 1.82) is 0 Å². The molecule has 17 atom stereocenters. The quantitative estimate of drug-likeness (QED) is 0.0662. The van der Waals surface area contributed by atoms with E-state index >= 15 is 9.59 Å². The zero-order valence-corrected chi connectivity index (χ0v) is 47.6. The van der Waals surface area contributed by atoms with E-state index < -0.39 is 39.5 Å². The largest absolute Gasteiger partial charge is 0.508 e. The molecule has 424 valence electrons. The number of nitrogens with one attached hydrogen (secondary N) is 2. The molecule has 77 heavy (non-hydrogen) atoms. The first-order valence-electron chi connectivity index (χ1n) is 31.0. The van der Waals surface area contributed by atoms with Gasteiger partial charge in [-0.15, -0.1) is 0 Å². The summed E-state index contributed by atoms with van der Waals surface area (Å²) < 4.78 is 6.77. The molecule has 11 nitrogen and oxygen atoms in total. The number of phenolic OH excluding ortho intramolecular Hbond substituents is 1. The Bertz CT molecular complexity index is 2540. The summed E-state index contributed by atoms with van der Waals surface area (Å²) in [6.07, 6.45) is 18.7. The van der Waals surface area contributed by atoms with Crippen molar-refractivity contribution in [3.05, 3.63) is 70.3 Å². The summed E-state index contributed by atoms with van der Waals surface area (Å²) in [6.45, 7) is 9.95. The Hall–Kier alpha value is -3.16. The Morgan fingerprint density at radius 2 is 1.65 bits per heavy atom. The molecular formula is C66H97N3O8. The predicted octanol–water partition coefficient (Wildman–Crippen LogP) is 10.6. The second kappa shape index (κ2) is 21.3. The Morgan fingerprint density at radius 3 is 2.40 bits per heavy atom. The number of rotatable bonds is 14. The van der Waals surface area contributed by atoms with Crippen LogP contribution in [0.2, 0.25) is 0 Å². The lowest BCUT2D eigenvalue weighted by molar-refractivity contribution is -0.234. The molecule has 7 aliphatic carbocycles. The number of aromatic hydroxyl groups is 1. The van der Waals surface area contributed by atoms with E-state index in [0.29, 0.717) is 63.5 Å². The molecule has 6 saturated carbocycles. The standard InChI is InChI=1S/C66H97N3O8/c1-61(76)24-9-10-25-62(2)58-53(69-39-61)35-65(26-27-70)56(66(58,45-17-7-6-8-18-45)34-50(59(62)75)44-29-41(37-68-5)30-47(72)32-44)23-22-52-57(55(74)36-63(52,65)3)49(42-15-11-14-40(28-42)38-71)33-54(73)60-64(4,77-60)51-21-13-20-48(51)43-16-12-19-46(67)31-43/h12,16,19,29-32,40,42,45,48-51,53-54,56,58,60,68-73,76H,6-11,13-15,17-18,20-28,33-39,67H2,1-5H3. The minimum absolute atomic E-state index is 0.0173. The molecule has 2 heterocycles. The Kier molecular flexibility index (Phi) is 15.4. The summed E-state index contributed by atoms with van der Waals surface area (Å²) in [6, 6.07) is 14.0. The van der Waals surface area contributed by atoms with Crippen molar-refractivity contribution in [1.82, 2.24) is 10.6 Å². The number of allylic oxidation sites excluding steroid dienone is 2. The third-order valence-corrected chi connectivity index (χ3v) is 24.1. The second-order valence-corrected chi connectivity index (χ2v) is 28.3. The number of ether oxygens (including phenoxy) is 1. The second-order valence-electron chi connectivity index (χ2n) is 28.3. The van der Waals surface area contributed by atoms with Crippen molar-refractivity contribution in [2.75, 3.05) is 32.5 Å². The number of epoxide rings is 1. The van der Waals surface area contributed by atoms with Gasteiger partial charge in [-0.25, -0.2) is 0 Å². The fraction of sp³-hybridized carbons (Fsp3) is 0.758. The number of aliphatic hydroxyl groups is 4. The molecule has 2 aromatic rings. The predicted molar refractivity (Wildman–Crippen MR) is 302 cm³/mol. The van der Waals surface area contributed by atoms with Crippen molar-refractivity contribution in [2.24, 2.45) is 63.1 Å². The molecule has 8 fully saturated rings. The van der Waals surface area contributed by atoms with E-state index in [1.54, 1.807) is 0 Å². The first-order chi connectivity index (χ1) is 36.9. The first-order valence-corrected chi connectivity index (χ1v) is 31.0. The van der Waals surface area contributed by atoms with E-state index in [9.17, 15) is 25.5 Å². The number of ketones is 2. The number of benzene rings is 2. The number of Topliss-reactive ketones (excluding diaryl/α,β-unsaturated/α-hetero) is 2. The van der Waals surface area contributed by atoms with Crippen LogP contribution in [-0.2, 0) is 20.9 Å². The van der Waals surface area contributed by atoms with E-state index in [1.807, 2.05) is 38.2 Å². The summed E-state index contributed by atoms with van der Waals surface area (Å²) in [5.41, 5.74) is 8.72. The topological polar surface area (TPSA) is 198 Å². The van der Waals surface area contributed by atoms with Crippen molar-refractivity contribution in [3.63, 3.8) is 0 Å². The van der Waals surface area contributed by atoms with Gasteiger partial charge in [0.2, 0.25) is 0 Å². The van der Waals surface area contributed by atoms with Gasteiger partial charge in [-0.05, 0) is 222 Å². The van der Waals surface area contributed by atoms with Crippen LogP contribution >= 0.6 is 0 Å².